The average Bonchev–Trinajstić information content (AvgIpc) is 2.74. The molecule has 3 rings (SSSR count). The van der Waals surface area contributed by atoms with Crippen LogP contribution in [0.15, 0.2) is 61.1 Å². The van der Waals surface area contributed by atoms with Crippen LogP contribution in [-0.2, 0) is 12.8 Å². The zero-order valence-electron chi connectivity index (χ0n) is 17.2. The van der Waals surface area contributed by atoms with E-state index < -0.39 is 36.7 Å². The van der Waals surface area contributed by atoms with Crippen LogP contribution in [0.4, 0.5) is 17.6 Å². The number of pyridine rings is 2. The fourth-order valence-corrected chi connectivity index (χ4v) is 3.37. The summed E-state index contributed by atoms with van der Waals surface area (Å²) in [6.45, 7) is -4.72. The van der Waals surface area contributed by atoms with Gasteiger partial charge in [0, 0.05) is 30.2 Å². The van der Waals surface area contributed by atoms with Crippen LogP contribution in [0.1, 0.15) is 35.2 Å². The summed E-state index contributed by atoms with van der Waals surface area (Å²) in [4.78, 5) is 8.49. The Morgan fingerprint density at radius 2 is 1.53 bits per heavy atom. The second-order valence-corrected chi connectivity index (χ2v) is 7.22. The molecule has 0 aliphatic rings. The number of hydrogen-bond donors (Lipinski definition) is 1. The predicted molar refractivity (Wildman–Crippen MR) is 109 cm³/mol. The van der Waals surface area contributed by atoms with E-state index in [9.17, 15) is 22.7 Å². The third-order valence-corrected chi connectivity index (χ3v) is 4.73. The number of nitrogens with zero attached hydrogens (tertiary/aromatic N) is 2. The minimum Gasteiger partial charge on any atom is -0.431 e. The average molecular weight is 450 g/mol. The lowest BCUT2D eigenvalue weighted by Crippen LogP contribution is -2.11. The van der Waals surface area contributed by atoms with E-state index in [4.69, 9.17) is 0 Å². The molecule has 1 aromatic carbocycles. The summed E-state index contributed by atoms with van der Waals surface area (Å²) < 4.78 is 59.9. The Balaban J connectivity index is 2.00. The molecule has 1 N–H and O–H groups in total. The highest BCUT2D eigenvalue weighted by atomic mass is 19.3. The highest BCUT2D eigenvalue weighted by molar-refractivity contribution is 5.46. The first kappa shape index (κ1) is 23.5. The molecule has 0 aliphatic heterocycles. The Bertz CT molecular complexity index is 986. The van der Waals surface area contributed by atoms with Gasteiger partial charge in [-0.15, -0.1) is 0 Å². The number of aliphatic hydroxyl groups is 1. The van der Waals surface area contributed by atoms with Crippen LogP contribution in [0.5, 0.6) is 11.5 Å². The van der Waals surface area contributed by atoms with Gasteiger partial charge in [-0.25, -0.2) is 0 Å². The van der Waals surface area contributed by atoms with Gasteiger partial charge in [0.15, 0.2) is 11.5 Å². The summed E-state index contributed by atoms with van der Waals surface area (Å²) >= 11 is 0. The van der Waals surface area contributed by atoms with Gasteiger partial charge in [-0.1, -0.05) is 12.1 Å². The molecule has 0 saturated heterocycles. The molecule has 0 bridgehead atoms. The first-order valence-electron chi connectivity index (χ1n) is 9.87. The first-order chi connectivity index (χ1) is 15.3. The number of rotatable bonds is 10. The Kier molecular flexibility index (Phi) is 7.99. The van der Waals surface area contributed by atoms with Crippen LogP contribution < -0.4 is 9.47 Å². The van der Waals surface area contributed by atoms with Gasteiger partial charge < -0.3 is 14.6 Å². The van der Waals surface area contributed by atoms with E-state index in [1.54, 1.807) is 31.6 Å². The minimum atomic E-state index is -3.21. The third kappa shape index (κ3) is 6.65. The maximum absolute atomic E-state index is 12.9. The van der Waals surface area contributed by atoms with Gasteiger partial charge in [-0.2, -0.15) is 17.6 Å². The van der Waals surface area contributed by atoms with Gasteiger partial charge in [-0.3, -0.25) is 9.97 Å². The molecule has 0 fully saturated rings. The fourth-order valence-electron chi connectivity index (χ4n) is 3.37. The zero-order chi connectivity index (χ0) is 23.1. The van der Waals surface area contributed by atoms with Crippen LogP contribution in [0.3, 0.4) is 0 Å². The molecule has 0 spiro atoms. The Hall–Kier alpha value is -3.20. The van der Waals surface area contributed by atoms with E-state index in [1.807, 2.05) is 18.2 Å². The number of ether oxygens (including phenoxy) is 2. The van der Waals surface area contributed by atoms with Crippen molar-refractivity contribution in [3.63, 3.8) is 0 Å². The molecule has 0 saturated carbocycles. The van der Waals surface area contributed by atoms with Crippen molar-refractivity contribution < 1.29 is 32.1 Å². The largest absolute Gasteiger partial charge is 0.431 e. The van der Waals surface area contributed by atoms with Crippen molar-refractivity contribution in [3.8, 4) is 11.5 Å². The molecule has 2 aromatic heterocycles. The molecule has 3 aromatic rings. The van der Waals surface area contributed by atoms with Gasteiger partial charge in [0.05, 0.1) is 6.10 Å². The van der Waals surface area contributed by atoms with E-state index in [0.29, 0.717) is 24.1 Å². The molecule has 0 amide bonds. The van der Waals surface area contributed by atoms with Crippen LogP contribution in [0.25, 0.3) is 0 Å². The molecule has 5 nitrogen and oxygen atoms in total. The van der Waals surface area contributed by atoms with E-state index in [0.717, 1.165) is 11.1 Å². The summed E-state index contributed by atoms with van der Waals surface area (Å²) in [5, 5.41) is 9.57. The number of hydrogen-bond acceptors (Lipinski definition) is 5. The Morgan fingerprint density at radius 3 is 2.12 bits per heavy atom. The van der Waals surface area contributed by atoms with Crippen molar-refractivity contribution in [2.24, 2.45) is 0 Å². The highest BCUT2D eigenvalue weighted by Crippen LogP contribution is 2.36. The second-order valence-electron chi connectivity index (χ2n) is 7.22. The van der Waals surface area contributed by atoms with Crippen molar-refractivity contribution in [3.05, 3.63) is 83.4 Å². The predicted octanol–water partition coefficient (Wildman–Crippen LogP) is 4.98. The molecule has 170 valence electrons. The molecule has 0 radical (unpaired) electrons. The molecule has 2 heterocycles. The first-order valence-corrected chi connectivity index (χ1v) is 9.87. The zero-order valence-corrected chi connectivity index (χ0v) is 17.2. The van der Waals surface area contributed by atoms with E-state index in [1.165, 1.54) is 18.2 Å². The third-order valence-electron chi connectivity index (χ3n) is 4.73. The minimum absolute atomic E-state index is 0.390. The lowest BCUT2D eigenvalue weighted by molar-refractivity contribution is -0.0692. The van der Waals surface area contributed by atoms with E-state index in [-0.39, 0.29) is 0 Å². The second kappa shape index (κ2) is 10.9. The van der Waals surface area contributed by atoms with Gasteiger partial charge in [0.2, 0.25) is 0 Å². The maximum Gasteiger partial charge on any atom is 0.387 e. The number of aliphatic hydroxyl groups excluding tert-OH is 1. The monoisotopic (exact) mass is 450 g/mol. The standard InChI is InChI=1S/C23H22F4N2O3/c1-14(30)10-16-2-4-19(29-13-16)18(11-15-6-8-28-9-7-15)17-3-5-20(31-22(24)25)21(12-17)32-23(26)27/h2-9,12-14,18,22-23,30H,10-11H2,1H3. The number of benzene rings is 1. The summed E-state index contributed by atoms with van der Waals surface area (Å²) in [7, 11) is 0. The number of aromatic nitrogens is 2. The van der Waals surface area contributed by atoms with Gasteiger partial charge in [-0.05, 0) is 66.8 Å². The number of alkyl halides is 4. The molecule has 2 unspecified atom stereocenters. The molecule has 9 heteroatoms. The van der Waals surface area contributed by atoms with Crippen molar-refractivity contribution in [1.29, 1.82) is 0 Å². The summed E-state index contributed by atoms with van der Waals surface area (Å²) in [5.41, 5.74) is 2.94. The van der Waals surface area contributed by atoms with Crippen molar-refractivity contribution >= 4 is 0 Å². The summed E-state index contributed by atoms with van der Waals surface area (Å²) in [6.07, 6.45) is 5.29. The van der Waals surface area contributed by atoms with Crippen LogP contribution in [0.2, 0.25) is 0 Å². The molecular weight excluding hydrogens is 428 g/mol. The molecule has 32 heavy (non-hydrogen) atoms. The summed E-state index contributed by atoms with van der Waals surface area (Å²) in [6, 6.07) is 11.2. The number of halogens is 4. The Morgan fingerprint density at radius 1 is 0.844 bits per heavy atom. The van der Waals surface area contributed by atoms with Crippen LogP contribution in [-0.4, -0.2) is 34.4 Å². The van der Waals surface area contributed by atoms with E-state index in [2.05, 4.69) is 19.4 Å². The topological polar surface area (TPSA) is 64.5 Å². The normalized spacial score (nSPS) is 13.2. The molecular formula is C23H22F4N2O3. The molecule has 2 atom stereocenters. The van der Waals surface area contributed by atoms with Crippen LogP contribution >= 0.6 is 0 Å². The fraction of sp³-hybridized carbons (Fsp3) is 0.304. The van der Waals surface area contributed by atoms with E-state index >= 15 is 0 Å². The Labute approximate surface area is 182 Å². The van der Waals surface area contributed by atoms with Gasteiger partial charge in [0.1, 0.15) is 0 Å². The molecule has 0 aliphatic carbocycles. The van der Waals surface area contributed by atoms with Gasteiger partial charge >= 0.3 is 13.2 Å². The lowest BCUT2D eigenvalue weighted by atomic mass is 9.88. The highest BCUT2D eigenvalue weighted by Gasteiger charge is 2.21. The van der Waals surface area contributed by atoms with Crippen LogP contribution in [0, 0.1) is 0 Å². The lowest BCUT2D eigenvalue weighted by Gasteiger charge is -2.20. The maximum atomic E-state index is 12.9. The van der Waals surface area contributed by atoms with Crippen molar-refractivity contribution in [2.45, 2.75) is 45.0 Å². The van der Waals surface area contributed by atoms with Gasteiger partial charge in [0.25, 0.3) is 0 Å². The smallest absolute Gasteiger partial charge is 0.387 e. The quantitative estimate of drug-likeness (QED) is 0.442. The van der Waals surface area contributed by atoms with Crippen molar-refractivity contribution in [2.75, 3.05) is 0 Å². The van der Waals surface area contributed by atoms with Crippen molar-refractivity contribution in [1.82, 2.24) is 9.97 Å². The summed E-state index contributed by atoms with van der Waals surface area (Å²) in [5.74, 6) is -1.35. The SMILES string of the molecule is CC(O)Cc1ccc(C(Cc2ccncc2)c2ccc(OC(F)F)c(OC(F)F)c2)nc1.